The second-order valence-electron chi connectivity index (χ2n) is 9.08. The van der Waals surface area contributed by atoms with E-state index >= 15 is 0 Å². The second kappa shape index (κ2) is 6.84. The highest BCUT2D eigenvalue weighted by Crippen LogP contribution is 2.44. The van der Waals surface area contributed by atoms with E-state index in [9.17, 15) is 0 Å². The van der Waals surface area contributed by atoms with E-state index in [-0.39, 0.29) is 0 Å². The van der Waals surface area contributed by atoms with E-state index in [0.717, 1.165) is 12.5 Å². The maximum Gasteiger partial charge on any atom is 0.0731 e. The minimum atomic E-state index is 0.642. The fraction of sp³-hybridized carbons (Fsp3) is 0.423. The number of hydrogen-bond acceptors (Lipinski definition) is 3. The smallest absolute Gasteiger partial charge is 0.0731 e. The summed E-state index contributed by atoms with van der Waals surface area (Å²) in [6, 6.07) is 13.9. The van der Waals surface area contributed by atoms with Crippen LogP contribution in [0.1, 0.15) is 54.0 Å². The maximum absolute atomic E-state index is 5.53. The summed E-state index contributed by atoms with van der Waals surface area (Å²) in [6.45, 7) is 1.73. The number of hydrogen-bond donors (Lipinski definition) is 0. The first-order chi connectivity index (χ1) is 14.3. The molecule has 3 aliphatic rings. The van der Waals surface area contributed by atoms with Crippen LogP contribution in [0.4, 0.5) is 11.4 Å². The standard InChI is InChI=1S/C26H28N2O/c1-29-16-21-13-22(14-27-26(21)20-9-10-20)28(15-17-5-6-17)24-12-11-19-8-7-18-3-2-4-23(24)25(18)19/h2-4,11-14,17,20H,5-10,15-16H2,1H3. The number of nitrogens with zero attached hydrogens (tertiary/aromatic N) is 2. The number of rotatable bonds is 7. The fourth-order valence-electron chi connectivity index (χ4n) is 5.02. The Balaban J connectivity index is 1.48. The molecule has 3 heteroatoms. The van der Waals surface area contributed by atoms with Gasteiger partial charge in [-0.3, -0.25) is 4.98 Å². The van der Waals surface area contributed by atoms with E-state index in [1.807, 2.05) is 0 Å². The van der Waals surface area contributed by atoms with Crippen molar-refractivity contribution < 1.29 is 4.74 Å². The Bertz CT molecular complexity index is 1070. The summed E-state index contributed by atoms with van der Waals surface area (Å²) in [7, 11) is 1.79. The normalized spacial score (nSPS) is 17.8. The summed E-state index contributed by atoms with van der Waals surface area (Å²) in [5.74, 6) is 1.44. The van der Waals surface area contributed by atoms with Crippen molar-refractivity contribution in [3.05, 3.63) is 65.0 Å². The first kappa shape index (κ1) is 17.5. The van der Waals surface area contributed by atoms with E-state index in [4.69, 9.17) is 9.72 Å². The number of ether oxygens (including phenoxy) is 1. The molecule has 2 fully saturated rings. The van der Waals surface area contributed by atoms with Gasteiger partial charge in [0, 0.05) is 41.9 Å². The van der Waals surface area contributed by atoms with Crippen LogP contribution in [-0.4, -0.2) is 18.6 Å². The Hall–Kier alpha value is -2.39. The molecule has 29 heavy (non-hydrogen) atoms. The van der Waals surface area contributed by atoms with Crippen molar-refractivity contribution in [3.8, 4) is 0 Å². The molecule has 3 aromatic rings. The van der Waals surface area contributed by atoms with Gasteiger partial charge >= 0.3 is 0 Å². The van der Waals surface area contributed by atoms with Crippen molar-refractivity contribution in [1.82, 2.24) is 4.98 Å². The summed E-state index contributed by atoms with van der Waals surface area (Å²) in [5.41, 5.74) is 8.08. The lowest BCUT2D eigenvalue weighted by atomic mass is 10.0. The van der Waals surface area contributed by atoms with Crippen LogP contribution >= 0.6 is 0 Å². The molecule has 0 spiro atoms. The van der Waals surface area contributed by atoms with Crippen LogP contribution in [0.3, 0.4) is 0 Å². The molecule has 0 aliphatic heterocycles. The van der Waals surface area contributed by atoms with Crippen LogP contribution in [0.5, 0.6) is 0 Å². The highest BCUT2D eigenvalue weighted by molar-refractivity contribution is 6.01. The number of benzene rings is 2. The van der Waals surface area contributed by atoms with Gasteiger partial charge in [-0.25, -0.2) is 0 Å². The van der Waals surface area contributed by atoms with E-state index in [1.54, 1.807) is 7.11 Å². The van der Waals surface area contributed by atoms with Crippen LogP contribution in [-0.2, 0) is 24.2 Å². The number of aromatic nitrogens is 1. The summed E-state index contributed by atoms with van der Waals surface area (Å²) in [4.78, 5) is 7.47. The Labute approximate surface area is 172 Å². The van der Waals surface area contributed by atoms with Gasteiger partial charge in [-0.05, 0) is 73.1 Å². The average molecular weight is 385 g/mol. The average Bonchev–Trinajstić information content (AvgIpc) is 3.67. The van der Waals surface area contributed by atoms with E-state index in [2.05, 4.69) is 47.5 Å². The van der Waals surface area contributed by atoms with Crippen molar-refractivity contribution in [2.75, 3.05) is 18.6 Å². The van der Waals surface area contributed by atoms with Crippen molar-refractivity contribution in [3.63, 3.8) is 0 Å². The van der Waals surface area contributed by atoms with Crippen molar-refractivity contribution >= 4 is 22.1 Å². The van der Waals surface area contributed by atoms with Gasteiger partial charge in [-0.2, -0.15) is 0 Å². The first-order valence-electron chi connectivity index (χ1n) is 11.1. The lowest BCUT2D eigenvalue weighted by molar-refractivity contribution is 0.183. The molecule has 0 N–H and O–H groups in total. The molecule has 2 saturated carbocycles. The fourth-order valence-corrected chi connectivity index (χ4v) is 5.02. The first-order valence-corrected chi connectivity index (χ1v) is 11.1. The number of pyridine rings is 1. The van der Waals surface area contributed by atoms with Crippen LogP contribution in [0.25, 0.3) is 10.8 Å². The van der Waals surface area contributed by atoms with E-state index in [1.165, 1.54) is 83.1 Å². The third-order valence-electron chi connectivity index (χ3n) is 6.84. The molecule has 148 valence electrons. The molecule has 0 saturated heterocycles. The summed E-state index contributed by atoms with van der Waals surface area (Å²) < 4.78 is 5.53. The quantitative estimate of drug-likeness (QED) is 0.507. The van der Waals surface area contributed by atoms with Crippen molar-refractivity contribution in [1.29, 1.82) is 0 Å². The van der Waals surface area contributed by atoms with Gasteiger partial charge in [0.2, 0.25) is 0 Å². The van der Waals surface area contributed by atoms with Crippen LogP contribution < -0.4 is 4.90 Å². The highest BCUT2D eigenvalue weighted by Gasteiger charge is 2.30. The topological polar surface area (TPSA) is 25.4 Å². The molecular formula is C26H28N2O. The van der Waals surface area contributed by atoms with Gasteiger partial charge in [0.25, 0.3) is 0 Å². The predicted molar refractivity (Wildman–Crippen MR) is 118 cm³/mol. The lowest BCUT2D eigenvalue weighted by Crippen LogP contribution is -2.21. The molecule has 0 bridgehead atoms. The molecule has 0 unspecified atom stereocenters. The third kappa shape index (κ3) is 3.12. The lowest BCUT2D eigenvalue weighted by Gasteiger charge is -2.27. The molecule has 3 nitrogen and oxygen atoms in total. The molecule has 6 rings (SSSR count). The summed E-state index contributed by atoms with van der Waals surface area (Å²) >= 11 is 0. The summed E-state index contributed by atoms with van der Waals surface area (Å²) in [6.07, 6.45) is 9.68. The Kier molecular flexibility index (Phi) is 4.12. The molecular weight excluding hydrogens is 356 g/mol. The third-order valence-corrected chi connectivity index (χ3v) is 6.84. The zero-order chi connectivity index (χ0) is 19.4. The highest BCUT2D eigenvalue weighted by atomic mass is 16.5. The van der Waals surface area contributed by atoms with Gasteiger partial charge in [-0.1, -0.05) is 24.3 Å². The van der Waals surface area contributed by atoms with Gasteiger partial charge in [0.15, 0.2) is 0 Å². The van der Waals surface area contributed by atoms with Gasteiger partial charge in [0.1, 0.15) is 0 Å². The number of aryl methyl sites for hydroxylation is 2. The van der Waals surface area contributed by atoms with Gasteiger partial charge in [-0.15, -0.1) is 0 Å². The van der Waals surface area contributed by atoms with Crippen molar-refractivity contribution in [2.24, 2.45) is 5.92 Å². The molecule has 1 heterocycles. The van der Waals surface area contributed by atoms with Crippen LogP contribution in [0, 0.1) is 5.92 Å². The number of methoxy groups -OCH3 is 1. The van der Waals surface area contributed by atoms with Crippen molar-refractivity contribution in [2.45, 2.75) is 51.0 Å². The zero-order valence-electron chi connectivity index (χ0n) is 17.2. The van der Waals surface area contributed by atoms with Gasteiger partial charge in [0.05, 0.1) is 18.5 Å². The molecule has 3 aliphatic carbocycles. The molecule has 1 aromatic heterocycles. The molecule has 2 aromatic carbocycles. The minimum absolute atomic E-state index is 0.642. The molecule has 0 amide bonds. The largest absolute Gasteiger partial charge is 0.380 e. The SMILES string of the molecule is COCc1cc(N(CC2CC2)c2ccc3c4c(cccc24)CC3)cnc1C1CC1. The number of anilines is 2. The Morgan fingerprint density at radius 1 is 1.03 bits per heavy atom. The monoisotopic (exact) mass is 384 g/mol. The second-order valence-corrected chi connectivity index (χ2v) is 9.08. The Morgan fingerprint density at radius 2 is 1.86 bits per heavy atom. The maximum atomic E-state index is 5.53. The molecule has 0 atom stereocenters. The summed E-state index contributed by atoms with van der Waals surface area (Å²) in [5, 5.41) is 2.89. The van der Waals surface area contributed by atoms with E-state index < -0.39 is 0 Å². The zero-order valence-corrected chi connectivity index (χ0v) is 17.2. The van der Waals surface area contributed by atoms with Crippen LogP contribution in [0.15, 0.2) is 42.6 Å². The van der Waals surface area contributed by atoms with Crippen LogP contribution in [0.2, 0.25) is 0 Å². The minimum Gasteiger partial charge on any atom is -0.380 e. The predicted octanol–water partition coefficient (Wildman–Crippen LogP) is 5.91. The Morgan fingerprint density at radius 3 is 2.62 bits per heavy atom. The molecule has 0 radical (unpaired) electrons. The van der Waals surface area contributed by atoms with Gasteiger partial charge < -0.3 is 9.64 Å². The van der Waals surface area contributed by atoms with E-state index in [0.29, 0.717) is 12.5 Å².